The molecule has 0 fully saturated rings. The zero-order valence-electron chi connectivity index (χ0n) is 9.32. The number of hydrogen-bond acceptors (Lipinski definition) is 1. The molecule has 0 N–H and O–H groups in total. The lowest BCUT2D eigenvalue weighted by Crippen LogP contribution is -2.16. The summed E-state index contributed by atoms with van der Waals surface area (Å²) in [5.41, 5.74) is 2.27. The zero-order valence-corrected chi connectivity index (χ0v) is 9.32. The Morgan fingerprint density at radius 2 is 1.88 bits per heavy atom. The predicted molar refractivity (Wildman–Crippen MR) is 69.6 cm³/mol. The lowest BCUT2D eigenvalue weighted by atomic mass is 9.86. The van der Waals surface area contributed by atoms with Gasteiger partial charge in [-0.25, -0.2) is 4.98 Å². The molecule has 17 heavy (non-hydrogen) atoms. The third kappa shape index (κ3) is 1.18. The lowest BCUT2D eigenvalue weighted by molar-refractivity contribution is 0.636. The fourth-order valence-electron chi connectivity index (χ4n) is 2.71. The molecular formula is C15H12N2. The summed E-state index contributed by atoms with van der Waals surface area (Å²) in [7, 11) is 0. The summed E-state index contributed by atoms with van der Waals surface area (Å²) in [4.78, 5) is 4.76. The van der Waals surface area contributed by atoms with Gasteiger partial charge in [0.05, 0.1) is 11.0 Å². The van der Waals surface area contributed by atoms with E-state index in [-0.39, 0.29) is 0 Å². The highest BCUT2D eigenvalue weighted by molar-refractivity contribution is 5.79. The van der Waals surface area contributed by atoms with Crippen molar-refractivity contribution in [1.82, 2.24) is 9.55 Å². The van der Waals surface area contributed by atoms with Crippen molar-refractivity contribution in [2.24, 2.45) is 5.92 Å². The smallest absolute Gasteiger partial charge is 0.121 e. The topological polar surface area (TPSA) is 17.8 Å². The first kappa shape index (κ1) is 8.99. The van der Waals surface area contributed by atoms with Crippen molar-refractivity contribution in [2.75, 3.05) is 0 Å². The molecule has 2 atom stereocenters. The second-order valence-electron chi connectivity index (χ2n) is 4.54. The lowest BCUT2D eigenvalue weighted by Gasteiger charge is -2.25. The summed E-state index contributed by atoms with van der Waals surface area (Å²) in [6.45, 7) is 0. The van der Waals surface area contributed by atoms with Gasteiger partial charge in [-0.1, -0.05) is 42.5 Å². The van der Waals surface area contributed by atoms with Crippen LogP contribution in [0.5, 0.6) is 0 Å². The van der Waals surface area contributed by atoms with Crippen LogP contribution in [0.3, 0.4) is 0 Å². The largest absolute Gasteiger partial charge is 0.303 e. The molecular weight excluding hydrogens is 208 g/mol. The molecule has 2 aromatic rings. The number of para-hydroxylation sites is 2. The number of nitrogens with zero attached hydrogens (tertiary/aromatic N) is 2. The summed E-state index contributed by atoms with van der Waals surface area (Å²) >= 11 is 0. The monoisotopic (exact) mass is 220 g/mol. The Labute approximate surface area is 99.6 Å². The first-order valence-electron chi connectivity index (χ1n) is 5.94. The summed E-state index contributed by atoms with van der Waals surface area (Å²) in [5, 5.41) is 0. The maximum absolute atomic E-state index is 4.76. The van der Waals surface area contributed by atoms with E-state index in [0.717, 1.165) is 11.3 Å². The number of benzene rings is 1. The number of rotatable bonds is 0. The van der Waals surface area contributed by atoms with Crippen LogP contribution in [-0.2, 0) is 0 Å². The van der Waals surface area contributed by atoms with Gasteiger partial charge in [-0.2, -0.15) is 0 Å². The molecule has 1 aromatic carbocycles. The second-order valence-corrected chi connectivity index (χ2v) is 4.54. The zero-order chi connectivity index (χ0) is 11.2. The van der Waals surface area contributed by atoms with Gasteiger partial charge in [-0.05, 0) is 12.1 Å². The molecule has 2 aliphatic rings. The molecule has 2 nitrogen and oxygen atoms in total. The molecule has 1 aliphatic carbocycles. The molecule has 0 saturated carbocycles. The van der Waals surface area contributed by atoms with Crippen LogP contribution in [0.4, 0.5) is 0 Å². The molecule has 0 radical (unpaired) electrons. The Kier molecular flexibility index (Phi) is 1.69. The fourth-order valence-corrected chi connectivity index (χ4v) is 2.71. The first-order valence-corrected chi connectivity index (χ1v) is 5.94. The third-order valence-electron chi connectivity index (χ3n) is 3.56. The highest BCUT2D eigenvalue weighted by Gasteiger charge is 2.26. The fraction of sp³-hybridized carbons (Fsp3) is 0.133. The van der Waals surface area contributed by atoms with Gasteiger partial charge in [-0.3, -0.25) is 0 Å². The molecule has 1 aromatic heterocycles. The summed E-state index contributed by atoms with van der Waals surface area (Å²) in [5.74, 6) is 2.00. The van der Waals surface area contributed by atoms with E-state index in [1.54, 1.807) is 0 Å². The van der Waals surface area contributed by atoms with Crippen molar-refractivity contribution < 1.29 is 0 Å². The second kappa shape index (κ2) is 3.20. The highest BCUT2D eigenvalue weighted by Crippen LogP contribution is 2.36. The van der Waals surface area contributed by atoms with Gasteiger partial charge in [-0.15, -0.1) is 0 Å². The first-order chi connectivity index (χ1) is 8.43. The molecule has 82 valence electrons. The van der Waals surface area contributed by atoms with E-state index in [0.29, 0.717) is 11.8 Å². The minimum Gasteiger partial charge on any atom is -0.303 e. The molecule has 0 spiro atoms. The van der Waals surface area contributed by atoms with Crippen LogP contribution in [-0.4, -0.2) is 9.55 Å². The van der Waals surface area contributed by atoms with E-state index < -0.39 is 0 Å². The maximum atomic E-state index is 4.76. The van der Waals surface area contributed by atoms with Gasteiger partial charge < -0.3 is 4.57 Å². The molecule has 0 saturated heterocycles. The quantitative estimate of drug-likeness (QED) is 0.665. The van der Waals surface area contributed by atoms with E-state index in [1.807, 2.05) is 6.07 Å². The van der Waals surface area contributed by atoms with Crippen LogP contribution in [0.15, 0.2) is 54.6 Å². The minimum absolute atomic E-state index is 0.386. The van der Waals surface area contributed by atoms with E-state index in [1.165, 1.54) is 5.52 Å². The average Bonchev–Trinajstić information content (AvgIpc) is 2.78. The van der Waals surface area contributed by atoms with Crippen molar-refractivity contribution in [2.45, 2.75) is 5.92 Å². The molecule has 0 bridgehead atoms. The Hall–Kier alpha value is -2.09. The van der Waals surface area contributed by atoms with E-state index >= 15 is 0 Å². The Morgan fingerprint density at radius 1 is 1.00 bits per heavy atom. The number of fused-ring (bicyclic) bond motifs is 5. The van der Waals surface area contributed by atoms with Gasteiger partial charge in [0.15, 0.2) is 0 Å². The van der Waals surface area contributed by atoms with Gasteiger partial charge >= 0.3 is 0 Å². The van der Waals surface area contributed by atoms with Crippen molar-refractivity contribution in [3.63, 3.8) is 0 Å². The maximum Gasteiger partial charge on any atom is 0.121 e. The van der Waals surface area contributed by atoms with Crippen molar-refractivity contribution in [3.8, 4) is 0 Å². The SMILES string of the molecule is C1=CC2C=Cn3c(nc4ccccc43)C2C=C1. The number of allylic oxidation sites excluding steroid dienone is 5. The average molecular weight is 220 g/mol. The minimum atomic E-state index is 0.386. The molecule has 2 heteroatoms. The number of hydrogen-bond donors (Lipinski definition) is 0. The molecule has 2 heterocycles. The third-order valence-corrected chi connectivity index (χ3v) is 3.56. The molecule has 4 rings (SSSR count). The van der Waals surface area contributed by atoms with Crippen LogP contribution in [0, 0.1) is 5.92 Å². The summed E-state index contributed by atoms with van der Waals surface area (Å²) < 4.78 is 2.21. The van der Waals surface area contributed by atoms with E-state index in [2.05, 4.69) is 59.3 Å². The van der Waals surface area contributed by atoms with Gasteiger partial charge in [0, 0.05) is 18.0 Å². The van der Waals surface area contributed by atoms with Crippen LogP contribution in [0.25, 0.3) is 17.2 Å². The Balaban J connectivity index is 2.01. The van der Waals surface area contributed by atoms with Gasteiger partial charge in [0.1, 0.15) is 5.82 Å². The summed E-state index contributed by atoms with van der Waals surface area (Å²) in [6, 6.07) is 8.30. The summed E-state index contributed by atoms with van der Waals surface area (Å²) in [6.07, 6.45) is 13.1. The normalized spacial score (nSPS) is 24.9. The van der Waals surface area contributed by atoms with E-state index in [9.17, 15) is 0 Å². The van der Waals surface area contributed by atoms with Crippen molar-refractivity contribution in [1.29, 1.82) is 0 Å². The van der Waals surface area contributed by atoms with Crippen LogP contribution in [0.1, 0.15) is 11.7 Å². The Morgan fingerprint density at radius 3 is 2.88 bits per heavy atom. The van der Waals surface area contributed by atoms with Crippen LogP contribution in [0.2, 0.25) is 0 Å². The van der Waals surface area contributed by atoms with Crippen LogP contribution >= 0.6 is 0 Å². The standard InChI is InChI=1S/C15H12N2/c1-2-6-12-11(5-1)9-10-17-14-8-4-3-7-13(14)16-15(12)17/h1-12H. The van der Waals surface area contributed by atoms with Gasteiger partial charge in [0.25, 0.3) is 0 Å². The Bertz CT molecular complexity index is 673. The number of aromatic nitrogens is 2. The van der Waals surface area contributed by atoms with E-state index in [4.69, 9.17) is 4.98 Å². The highest BCUT2D eigenvalue weighted by atomic mass is 15.1. The van der Waals surface area contributed by atoms with Crippen LogP contribution < -0.4 is 0 Å². The van der Waals surface area contributed by atoms with Gasteiger partial charge in [0.2, 0.25) is 0 Å². The number of imidazole rings is 1. The molecule has 2 unspecified atom stereocenters. The van der Waals surface area contributed by atoms with Crippen molar-refractivity contribution in [3.05, 3.63) is 60.5 Å². The predicted octanol–water partition coefficient (Wildman–Crippen LogP) is 3.35. The molecule has 1 aliphatic heterocycles. The molecule has 0 amide bonds. The van der Waals surface area contributed by atoms with Crippen molar-refractivity contribution >= 4 is 17.2 Å².